The molecule has 0 aromatic rings. The van der Waals surface area contributed by atoms with Gasteiger partial charge in [0.15, 0.2) is 0 Å². The maximum absolute atomic E-state index is 5.72. The summed E-state index contributed by atoms with van der Waals surface area (Å²) in [6.07, 6.45) is 7.03. The van der Waals surface area contributed by atoms with E-state index in [2.05, 4.69) is 31.0 Å². The fraction of sp³-hybridized carbons (Fsp3) is 1.00. The minimum absolute atomic E-state index is 0.239. The zero-order valence-electron chi connectivity index (χ0n) is 12.4. The molecule has 2 aliphatic heterocycles. The summed E-state index contributed by atoms with van der Waals surface area (Å²) in [4.78, 5) is 2.67. The van der Waals surface area contributed by atoms with Crippen LogP contribution in [0.5, 0.6) is 0 Å². The Hall–Kier alpha value is -0.120. The smallest absolute Gasteiger partial charge is 0.0588 e. The Morgan fingerprint density at radius 3 is 2.72 bits per heavy atom. The van der Waals surface area contributed by atoms with Crippen LogP contribution in [0.4, 0.5) is 0 Å². The Labute approximate surface area is 112 Å². The van der Waals surface area contributed by atoms with Gasteiger partial charge >= 0.3 is 0 Å². The average Bonchev–Trinajstić information content (AvgIpc) is 2.94. The molecule has 18 heavy (non-hydrogen) atoms. The first kappa shape index (κ1) is 14.3. The maximum atomic E-state index is 5.72. The highest BCUT2D eigenvalue weighted by Crippen LogP contribution is 2.21. The summed E-state index contributed by atoms with van der Waals surface area (Å²) in [5.41, 5.74) is 0.239. The molecule has 2 atom stereocenters. The number of nitrogens with one attached hydrogen (secondary N) is 1. The Morgan fingerprint density at radius 1 is 1.22 bits per heavy atom. The number of nitrogens with zero attached hydrogens (tertiary/aromatic N) is 1. The van der Waals surface area contributed by atoms with Gasteiger partial charge in [-0.25, -0.2) is 0 Å². The lowest BCUT2D eigenvalue weighted by molar-refractivity contribution is 0.0896. The molecule has 3 heteroatoms. The molecule has 0 aliphatic carbocycles. The van der Waals surface area contributed by atoms with Crippen LogP contribution in [0.25, 0.3) is 0 Å². The topological polar surface area (TPSA) is 24.5 Å². The summed E-state index contributed by atoms with van der Waals surface area (Å²) in [5.74, 6) is 0. The van der Waals surface area contributed by atoms with Crippen molar-refractivity contribution in [3.8, 4) is 0 Å². The molecule has 0 spiro atoms. The lowest BCUT2D eigenvalue weighted by atomic mass is 10.1. The molecular weight excluding hydrogens is 224 g/mol. The second-order valence-electron chi connectivity index (χ2n) is 6.89. The van der Waals surface area contributed by atoms with E-state index in [0.29, 0.717) is 6.10 Å². The highest BCUT2D eigenvalue weighted by atomic mass is 16.5. The maximum Gasteiger partial charge on any atom is 0.0588 e. The third kappa shape index (κ3) is 4.52. The molecule has 0 aromatic carbocycles. The lowest BCUT2D eigenvalue weighted by Gasteiger charge is -2.29. The average molecular weight is 254 g/mol. The van der Waals surface area contributed by atoms with Crippen molar-refractivity contribution in [1.82, 2.24) is 10.2 Å². The molecule has 0 bridgehead atoms. The van der Waals surface area contributed by atoms with E-state index < -0.39 is 0 Å². The van der Waals surface area contributed by atoms with Crippen LogP contribution in [0.3, 0.4) is 0 Å². The third-order valence-electron chi connectivity index (χ3n) is 4.13. The molecule has 106 valence electrons. The first-order chi connectivity index (χ1) is 8.54. The van der Waals surface area contributed by atoms with Gasteiger partial charge in [-0.2, -0.15) is 0 Å². The van der Waals surface area contributed by atoms with Crippen LogP contribution in [0, 0.1) is 0 Å². The van der Waals surface area contributed by atoms with Gasteiger partial charge in [0.1, 0.15) is 0 Å². The van der Waals surface area contributed by atoms with E-state index in [1.807, 2.05) is 0 Å². The second kappa shape index (κ2) is 6.36. The van der Waals surface area contributed by atoms with Crippen LogP contribution in [0.15, 0.2) is 0 Å². The van der Waals surface area contributed by atoms with Gasteiger partial charge in [-0.3, -0.25) is 4.90 Å². The van der Waals surface area contributed by atoms with E-state index in [0.717, 1.165) is 19.2 Å². The number of rotatable bonds is 5. The molecule has 2 heterocycles. The first-order valence-electron chi connectivity index (χ1n) is 7.65. The van der Waals surface area contributed by atoms with E-state index in [-0.39, 0.29) is 5.54 Å². The first-order valence-corrected chi connectivity index (χ1v) is 7.65. The highest BCUT2D eigenvalue weighted by Gasteiger charge is 2.26. The van der Waals surface area contributed by atoms with Crippen molar-refractivity contribution in [3.63, 3.8) is 0 Å². The molecule has 2 saturated heterocycles. The molecular formula is C15H30N2O. The van der Waals surface area contributed by atoms with Crippen LogP contribution in [0.2, 0.25) is 0 Å². The Morgan fingerprint density at radius 2 is 2.06 bits per heavy atom. The molecule has 2 rings (SSSR count). The van der Waals surface area contributed by atoms with Crippen molar-refractivity contribution >= 4 is 0 Å². The van der Waals surface area contributed by atoms with Crippen LogP contribution in [-0.2, 0) is 4.74 Å². The van der Waals surface area contributed by atoms with E-state index >= 15 is 0 Å². The van der Waals surface area contributed by atoms with Crippen molar-refractivity contribution in [2.24, 2.45) is 0 Å². The minimum Gasteiger partial charge on any atom is -0.378 e. The standard InChI is InChI=1S/C15H30N2O/c1-15(2,3)16-12-13-6-4-9-17(13)10-8-14-7-5-11-18-14/h13-14,16H,4-12H2,1-3H3. The fourth-order valence-electron chi connectivity index (χ4n) is 3.03. The monoisotopic (exact) mass is 254 g/mol. The normalized spacial score (nSPS) is 30.2. The molecule has 0 aromatic heterocycles. The van der Waals surface area contributed by atoms with Crippen molar-refractivity contribution in [2.45, 2.75) is 70.6 Å². The van der Waals surface area contributed by atoms with Gasteiger partial charge in [0.05, 0.1) is 6.10 Å². The van der Waals surface area contributed by atoms with Crippen LogP contribution < -0.4 is 5.32 Å². The van der Waals surface area contributed by atoms with E-state index in [9.17, 15) is 0 Å². The SMILES string of the molecule is CC(C)(C)NCC1CCCN1CCC1CCCO1. The summed E-state index contributed by atoms with van der Waals surface area (Å²) in [7, 11) is 0. The lowest BCUT2D eigenvalue weighted by Crippen LogP contribution is -2.45. The third-order valence-corrected chi connectivity index (χ3v) is 4.13. The number of ether oxygens (including phenoxy) is 1. The predicted octanol–water partition coefficient (Wildman–Crippen LogP) is 2.41. The molecule has 0 saturated carbocycles. The van der Waals surface area contributed by atoms with Gasteiger partial charge < -0.3 is 10.1 Å². The number of hydrogen-bond donors (Lipinski definition) is 1. The van der Waals surface area contributed by atoms with Crippen molar-refractivity contribution in [2.75, 3.05) is 26.2 Å². The molecule has 2 fully saturated rings. The Balaban J connectivity index is 1.69. The molecule has 1 N–H and O–H groups in total. The van der Waals surface area contributed by atoms with Gasteiger partial charge in [-0.15, -0.1) is 0 Å². The van der Waals surface area contributed by atoms with Crippen LogP contribution in [-0.4, -0.2) is 48.8 Å². The van der Waals surface area contributed by atoms with Crippen molar-refractivity contribution < 1.29 is 4.74 Å². The van der Waals surface area contributed by atoms with Crippen molar-refractivity contribution in [3.05, 3.63) is 0 Å². The van der Waals surface area contributed by atoms with Gasteiger partial charge in [0, 0.05) is 31.3 Å². The van der Waals surface area contributed by atoms with E-state index in [1.165, 1.54) is 45.2 Å². The summed E-state index contributed by atoms with van der Waals surface area (Å²) in [6.45, 7) is 11.4. The second-order valence-corrected chi connectivity index (χ2v) is 6.89. The zero-order chi connectivity index (χ0) is 13.0. The van der Waals surface area contributed by atoms with Gasteiger partial charge in [0.2, 0.25) is 0 Å². The fourth-order valence-corrected chi connectivity index (χ4v) is 3.03. The van der Waals surface area contributed by atoms with E-state index in [1.54, 1.807) is 0 Å². The van der Waals surface area contributed by atoms with Crippen LogP contribution in [0.1, 0.15) is 52.9 Å². The minimum atomic E-state index is 0.239. The molecule has 3 nitrogen and oxygen atoms in total. The van der Waals surface area contributed by atoms with E-state index in [4.69, 9.17) is 4.74 Å². The predicted molar refractivity (Wildman–Crippen MR) is 75.9 cm³/mol. The number of likely N-dealkylation sites (tertiary alicyclic amines) is 1. The summed E-state index contributed by atoms with van der Waals surface area (Å²) < 4.78 is 5.72. The summed E-state index contributed by atoms with van der Waals surface area (Å²) >= 11 is 0. The van der Waals surface area contributed by atoms with Crippen molar-refractivity contribution in [1.29, 1.82) is 0 Å². The zero-order valence-corrected chi connectivity index (χ0v) is 12.4. The highest BCUT2D eigenvalue weighted by molar-refractivity contribution is 4.84. The molecule has 2 aliphatic rings. The molecule has 0 amide bonds. The summed E-state index contributed by atoms with van der Waals surface area (Å²) in [5, 5.41) is 3.65. The Kier molecular flexibility index (Phi) is 5.05. The summed E-state index contributed by atoms with van der Waals surface area (Å²) in [6, 6.07) is 0.741. The number of hydrogen-bond acceptors (Lipinski definition) is 3. The van der Waals surface area contributed by atoms with Gasteiger partial charge in [-0.1, -0.05) is 0 Å². The largest absolute Gasteiger partial charge is 0.378 e. The molecule has 2 unspecified atom stereocenters. The van der Waals surface area contributed by atoms with Crippen LogP contribution >= 0.6 is 0 Å². The Bertz CT molecular complexity index is 243. The van der Waals surface area contributed by atoms with Gasteiger partial charge in [-0.05, 0) is 59.4 Å². The van der Waals surface area contributed by atoms with Gasteiger partial charge in [0.25, 0.3) is 0 Å². The quantitative estimate of drug-likeness (QED) is 0.815. The molecule has 0 radical (unpaired) electrons.